The number of rotatable bonds is 1. The molecule has 0 spiro atoms. The van der Waals surface area contributed by atoms with E-state index in [4.69, 9.17) is 0 Å². The van der Waals surface area contributed by atoms with Gasteiger partial charge in [-0.3, -0.25) is 14.5 Å². The number of hydrogen-bond acceptors (Lipinski definition) is 2. The molecule has 1 aliphatic heterocycles. The van der Waals surface area contributed by atoms with Crippen LogP contribution < -0.4 is 0 Å². The second-order valence-corrected chi connectivity index (χ2v) is 3.52. The molecular weight excluding hydrogens is 166 g/mol. The van der Waals surface area contributed by atoms with Gasteiger partial charge in [-0.25, -0.2) is 0 Å². The van der Waals surface area contributed by atoms with Crippen molar-refractivity contribution in [2.75, 3.05) is 6.54 Å². The summed E-state index contributed by atoms with van der Waals surface area (Å²) >= 11 is 0. The van der Waals surface area contributed by atoms with E-state index in [1.165, 1.54) is 4.90 Å². The van der Waals surface area contributed by atoms with E-state index in [1.807, 2.05) is 6.92 Å². The minimum atomic E-state index is -0.0396. The standard InChI is InChI=1S/C10H13NO2/c1-2-11-9(12)7-5-3-4-6-8(7)10(11)13/h2-6H2,1H3. The molecule has 0 atom stereocenters. The predicted molar refractivity (Wildman–Crippen MR) is 47.9 cm³/mol. The van der Waals surface area contributed by atoms with Crippen LogP contribution in [0.15, 0.2) is 11.1 Å². The quantitative estimate of drug-likeness (QED) is 0.568. The molecule has 0 fully saturated rings. The van der Waals surface area contributed by atoms with Gasteiger partial charge in [0.25, 0.3) is 11.8 Å². The van der Waals surface area contributed by atoms with Crippen LogP contribution in [0.1, 0.15) is 32.6 Å². The van der Waals surface area contributed by atoms with Crippen molar-refractivity contribution in [2.45, 2.75) is 32.6 Å². The molecule has 0 radical (unpaired) electrons. The predicted octanol–water partition coefficient (Wildman–Crippen LogP) is 1.25. The zero-order chi connectivity index (χ0) is 9.42. The third kappa shape index (κ3) is 1.10. The maximum Gasteiger partial charge on any atom is 0.257 e. The SMILES string of the molecule is CCN1C(=O)C2=C(CCCC2)C1=O. The van der Waals surface area contributed by atoms with Crippen LogP contribution >= 0.6 is 0 Å². The molecule has 0 aromatic heterocycles. The van der Waals surface area contributed by atoms with Crippen LogP contribution in [-0.4, -0.2) is 23.3 Å². The van der Waals surface area contributed by atoms with Crippen LogP contribution in [0, 0.1) is 0 Å². The lowest BCUT2D eigenvalue weighted by Gasteiger charge is -2.10. The molecule has 0 saturated carbocycles. The summed E-state index contributed by atoms with van der Waals surface area (Å²) in [4.78, 5) is 24.6. The minimum absolute atomic E-state index is 0.0396. The maximum atomic E-state index is 11.6. The molecule has 3 heteroatoms. The fraction of sp³-hybridized carbons (Fsp3) is 0.600. The number of hydrogen-bond donors (Lipinski definition) is 0. The van der Waals surface area contributed by atoms with Crippen LogP contribution in [0.3, 0.4) is 0 Å². The van der Waals surface area contributed by atoms with E-state index in [2.05, 4.69) is 0 Å². The fourth-order valence-electron chi connectivity index (χ4n) is 2.08. The van der Waals surface area contributed by atoms with E-state index in [0.717, 1.165) is 36.8 Å². The van der Waals surface area contributed by atoms with Gasteiger partial charge in [0.2, 0.25) is 0 Å². The lowest BCUT2D eigenvalue weighted by atomic mass is 9.93. The lowest BCUT2D eigenvalue weighted by molar-refractivity contribution is -0.137. The average molecular weight is 179 g/mol. The average Bonchev–Trinajstić information content (AvgIpc) is 2.41. The Bertz CT molecular complexity index is 276. The van der Waals surface area contributed by atoms with Gasteiger partial charge in [-0.2, -0.15) is 0 Å². The Balaban J connectivity index is 2.35. The Labute approximate surface area is 77.4 Å². The minimum Gasteiger partial charge on any atom is -0.275 e. The van der Waals surface area contributed by atoms with Crippen LogP contribution in [0.25, 0.3) is 0 Å². The van der Waals surface area contributed by atoms with Gasteiger partial charge in [0.05, 0.1) is 0 Å². The Hall–Kier alpha value is -1.12. The van der Waals surface area contributed by atoms with Crippen molar-refractivity contribution in [1.29, 1.82) is 0 Å². The fourth-order valence-corrected chi connectivity index (χ4v) is 2.08. The monoisotopic (exact) mass is 179 g/mol. The summed E-state index contributed by atoms with van der Waals surface area (Å²) in [5.41, 5.74) is 1.58. The molecule has 0 aromatic carbocycles. The van der Waals surface area contributed by atoms with Crippen LogP contribution in [-0.2, 0) is 9.59 Å². The molecular formula is C10H13NO2. The third-order valence-electron chi connectivity index (χ3n) is 2.79. The largest absolute Gasteiger partial charge is 0.275 e. The first-order valence-corrected chi connectivity index (χ1v) is 4.84. The van der Waals surface area contributed by atoms with Gasteiger partial charge < -0.3 is 0 Å². The Morgan fingerprint density at radius 2 is 1.54 bits per heavy atom. The summed E-state index contributed by atoms with van der Waals surface area (Å²) < 4.78 is 0. The first kappa shape index (κ1) is 8.48. The molecule has 70 valence electrons. The highest BCUT2D eigenvalue weighted by atomic mass is 16.2. The van der Waals surface area contributed by atoms with Gasteiger partial charge in [-0.1, -0.05) is 0 Å². The van der Waals surface area contributed by atoms with E-state index >= 15 is 0 Å². The number of carbonyl (C=O) groups is 2. The summed E-state index contributed by atoms with van der Waals surface area (Å²) in [7, 11) is 0. The molecule has 0 N–H and O–H groups in total. The molecule has 0 aromatic rings. The van der Waals surface area contributed by atoms with Gasteiger partial charge in [-0.15, -0.1) is 0 Å². The van der Waals surface area contributed by atoms with Gasteiger partial charge in [-0.05, 0) is 32.6 Å². The number of carbonyl (C=O) groups excluding carboxylic acids is 2. The summed E-state index contributed by atoms with van der Waals surface area (Å²) in [5, 5.41) is 0. The highest BCUT2D eigenvalue weighted by Crippen LogP contribution is 2.32. The number of amides is 2. The molecule has 0 saturated heterocycles. The van der Waals surface area contributed by atoms with Gasteiger partial charge >= 0.3 is 0 Å². The molecule has 2 aliphatic rings. The van der Waals surface area contributed by atoms with E-state index in [9.17, 15) is 9.59 Å². The van der Waals surface area contributed by atoms with Crippen molar-refractivity contribution < 1.29 is 9.59 Å². The second-order valence-electron chi connectivity index (χ2n) is 3.52. The molecule has 2 amide bonds. The lowest BCUT2D eigenvalue weighted by Crippen LogP contribution is -2.31. The summed E-state index contributed by atoms with van der Waals surface area (Å²) in [6, 6.07) is 0. The molecule has 0 bridgehead atoms. The van der Waals surface area contributed by atoms with Crippen molar-refractivity contribution in [2.24, 2.45) is 0 Å². The van der Waals surface area contributed by atoms with Crippen molar-refractivity contribution in [3.05, 3.63) is 11.1 Å². The smallest absolute Gasteiger partial charge is 0.257 e. The van der Waals surface area contributed by atoms with Gasteiger partial charge in [0, 0.05) is 17.7 Å². The van der Waals surface area contributed by atoms with Crippen molar-refractivity contribution in [3.63, 3.8) is 0 Å². The maximum absolute atomic E-state index is 11.6. The first-order valence-electron chi connectivity index (χ1n) is 4.84. The van der Waals surface area contributed by atoms with Gasteiger partial charge in [0.15, 0.2) is 0 Å². The topological polar surface area (TPSA) is 37.4 Å². The Morgan fingerprint density at radius 3 is 1.92 bits per heavy atom. The molecule has 1 aliphatic carbocycles. The van der Waals surface area contributed by atoms with Crippen LogP contribution in [0.2, 0.25) is 0 Å². The zero-order valence-corrected chi connectivity index (χ0v) is 7.80. The number of likely N-dealkylation sites (N-methyl/N-ethyl adjacent to an activating group) is 1. The molecule has 2 rings (SSSR count). The molecule has 1 heterocycles. The van der Waals surface area contributed by atoms with Crippen molar-refractivity contribution >= 4 is 11.8 Å². The van der Waals surface area contributed by atoms with Crippen LogP contribution in [0.5, 0.6) is 0 Å². The number of imide groups is 1. The van der Waals surface area contributed by atoms with E-state index in [0.29, 0.717) is 6.54 Å². The van der Waals surface area contributed by atoms with Crippen molar-refractivity contribution in [1.82, 2.24) is 4.90 Å². The molecule has 0 unspecified atom stereocenters. The Morgan fingerprint density at radius 1 is 1.08 bits per heavy atom. The molecule has 3 nitrogen and oxygen atoms in total. The van der Waals surface area contributed by atoms with E-state index in [1.54, 1.807) is 0 Å². The summed E-state index contributed by atoms with van der Waals surface area (Å²) in [6.45, 7) is 2.35. The van der Waals surface area contributed by atoms with Crippen LogP contribution in [0.4, 0.5) is 0 Å². The summed E-state index contributed by atoms with van der Waals surface area (Å²) in [5.74, 6) is -0.0793. The zero-order valence-electron chi connectivity index (χ0n) is 7.80. The molecule has 13 heavy (non-hydrogen) atoms. The highest BCUT2D eigenvalue weighted by molar-refractivity contribution is 6.19. The van der Waals surface area contributed by atoms with E-state index in [-0.39, 0.29) is 11.8 Å². The Kier molecular flexibility index (Phi) is 1.94. The van der Waals surface area contributed by atoms with Gasteiger partial charge in [0.1, 0.15) is 0 Å². The third-order valence-corrected chi connectivity index (χ3v) is 2.79. The highest BCUT2D eigenvalue weighted by Gasteiger charge is 2.37. The second kappa shape index (κ2) is 2.98. The normalized spacial score (nSPS) is 22.7. The van der Waals surface area contributed by atoms with Crippen molar-refractivity contribution in [3.8, 4) is 0 Å². The first-order chi connectivity index (χ1) is 6.25. The number of nitrogens with zero attached hydrogens (tertiary/aromatic N) is 1. The van der Waals surface area contributed by atoms with E-state index < -0.39 is 0 Å². The summed E-state index contributed by atoms with van der Waals surface area (Å²) in [6.07, 6.45) is 3.71.